The van der Waals surface area contributed by atoms with Crippen molar-refractivity contribution < 1.29 is 0 Å². The second-order valence-corrected chi connectivity index (χ2v) is 6.66. The van der Waals surface area contributed by atoms with E-state index in [1.165, 1.54) is 0 Å². The van der Waals surface area contributed by atoms with Gasteiger partial charge in [0.1, 0.15) is 0 Å². The number of aromatic nitrogens is 4. The number of hydrogen-bond donors (Lipinski definition) is 0. The van der Waals surface area contributed by atoms with Crippen molar-refractivity contribution in [1.82, 2.24) is 19.1 Å². The highest BCUT2D eigenvalue weighted by atomic mass is 16.2. The molecule has 2 heterocycles. The van der Waals surface area contributed by atoms with Gasteiger partial charge in [0, 0.05) is 13.1 Å². The molecule has 0 bridgehead atoms. The lowest BCUT2D eigenvalue weighted by molar-refractivity contribution is 0.527. The smallest absolute Gasteiger partial charge is 0.322 e. The number of fused-ring (bicyclic) bond motifs is 2. The van der Waals surface area contributed by atoms with Crippen molar-refractivity contribution in [2.75, 3.05) is 0 Å². The summed E-state index contributed by atoms with van der Waals surface area (Å²) in [6.07, 6.45) is 0. The molecule has 0 fully saturated rings. The SMILES string of the molecule is CCn1c(=O)nc2n(CC(C)C)c3cc(C)c(C)cc3nc-2c1=O. The topological polar surface area (TPSA) is 69.8 Å². The van der Waals surface area contributed by atoms with E-state index in [1.807, 2.05) is 24.5 Å². The summed E-state index contributed by atoms with van der Waals surface area (Å²) in [7, 11) is 0. The molecule has 0 radical (unpaired) electrons. The van der Waals surface area contributed by atoms with E-state index in [2.05, 4.69) is 29.9 Å². The molecule has 126 valence electrons. The lowest BCUT2D eigenvalue weighted by Gasteiger charge is -2.20. The molecule has 0 aliphatic carbocycles. The van der Waals surface area contributed by atoms with Crippen molar-refractivity contribution in [3.8, 4) is 11.5 Å². The highest BCUT2D eigenvalue weighted by Crippen LogP contribution is 2.24. The van der Waals surface area contributed by atoms with Crippen LogP contribution in [0.4, 0.5) is 0 Å². The van der Waals surface area contributed by atoms with E-state index in [4.69, 9.17) is 0 Å². The summed E-state index contributed by atoms with van der Waals surface area (Å²) in [6, 6.07) is 4.04. The molecular weight excluding hydrogens is 304 g/mol. The van der Waals surface area contributed by atoms with Crippen LogP contribution < -0.4 is 11.2 Å². The van der Waals surface area contributed by atoms with Crippen LogP contribution in [-0.2, 0) is 13.1 Å². The first-order valence-electron chi connectivity index (χ1n) is 8.25. The first-order valence-corrected chi connectivity index (χ1v) is 8.25. The highest BCUT2D eigenvalue weighted by Gasteiger charge is 2.21. The van der Waals surface area contributed by atoms with E-state index in [-0.39, 0.29) is 17.8 Å². The number of rotatable bonds is 3. The number of aryl methyl sites for hydroxylation is 2. The molecule has 6 heteroatoms. The Morgan fingerprint density at radius 1 is 1.04 bits per heavy atom. The van der Waals surface area contributed by atoms with Crippen LogP contribution in [-0.4, -0.2) is 19.1 Å². The van der Waals surface area contributed by atoms with Crippen LogP contribution in [0.1, 0.15) is 31.9 Å². The summed E-state index contributed by atoms with van der Waals surface area (Å²) < 4.78 is 3.08. The maximum atomic E-state index is 12.7. The average molecular weight is 326 g/mol. The molecule has 0 unspecified atom stereocenters. The maximum Gasteiger partial charge on any atom is 0.352 e. The molecule has 0 amide bonds. The summed E-state index contributed by atoms with van der Waals surface area (Å²) in [4.78, 5) is 33.6. The van der Waals surface area contributed by atoms with Crippen LogP contribution in [0.3, 0.4) is 0 Å². The van der Waals surface area contributed by atoms with Gasteiger partial charge in [0.2, 0.25) is 0 Å². The summed E-state index contributed by atoms with van der Waals surface area (Å²) in [5.74, 6) is 0.718. The van der Waals surface area contributed by atoms with Gasteiger partial charge in [-0.1, -0.05) is 13.8 Å². The van der Waals surface area contributed by atoms with Gasteiger partial charge in [0.15, 0.2) is 11.5 Å². The van der Waals surface area contributed by atoms with E-state index < -0.39 is 5.69 Å². The Morgan fingerprint density at radius 2 is 1.71 bits per heavy atom. The molecule has 0 saturated carbocycles. The summed E-state index contributed by atoms with van der Waals surface area (Å²) in [6.45, 7) is 11.0. The van der Waals surface area contributed by atoms with Crippen LogP contribution in [0.25, 0.3) is 22.6 Å². The normalized spacial score (nSPS) is 11.8. The minimum atomic E-state index is -0.516. The third-order valence-corrected chi connectivity index (χ3v) is 4.33. The van der Waals surface area contributed by atoms with Crippen molar-refractivity contribution >= 4 is 11.0 Å². The molecule has 1 aromatic rings. The van der Waals surface area contributed by atoms with E-state index in [9.17, 15) is 9.59 Å². The third kappa shape index (κ3) is 2.52. The molecule has 0 N–H and O–H groups in total. The Bertz CT molecular complexity index is 1010. The van der Waals surface area contributed by atoms with Crippen LogP contribution in [0.15, 0.2) is 21.7 Å². The maximum absolute atomic E-state index is 12.7. The van der Waals surface area contributed by atoms with Crippen LogP contribution in [0, 0.1) is 19.8 Å². The second-order valence-electron chi connectivity index (χ2n) is 6.66. The Hall–Kier alpha value is -2.50. The average Bonchev–Trinajstić information content (AvgIpc) is 2.50. The van der Waals surface area contributed by atoms with Crippen molar-refractivity contribution in [1.29, 1.82) is 0 Å². The van der Waals surface area contributed by atoms with E-state index in [1.54, 1.807) is 6.92 Å². The Labute approximate surface area is 140 Å². The second kappa shape index (κ2) is 5.85. The lowest BCUT2D eigenvalue weighted by atomic mass is 10.1. The van der Waals surface area contributed by atoms with Crippen LogP contribution >= 0.6 is 0 Å². The monoisotopic (exact) mass is 326 g/mol. The van der Waals surface area contributed by atoms with E-state index >= 15 is 0 Å². The van der Waals surface area contributed by atoms with Crippen molar-refractivity contribution in [2.45, 2.75) is 47.7 Å². The molecule has 3 rings (SSSR count). The zero-order chi connectivity index (χ0) is 17.6. The Kier molecular flexibility index (Phi) is 3.99. The standard InChI is InChI=1S/C18H22N4O2/c1-6-21-17(23)15-16(20-18(21)24)22(9-10(2)3)14-8-12(5)11(4)7-13(14)19-15/h7-8,10H,6,9H2,1-5H3. The van der Waals surface area contributed by atoms with Gasteiger partial charge in [-0.15, -0.1) is 0 Å². The number of benzene rings is 1. The van der Waals surface area contributed by atoms with Gasteiger partial charge < -0.3 is 4.57 Å². The molecule has 0 aromatic heterocycles. The summed E-state index contributed by atoms with van der Waals surface area (Å²) >= 11 is 0. The quantitative estimate of drug-likeness (QED) is 0.693. The van der Waals surface area contributed by atoms with E-state index in [0.717, 1.165) is 26.7 Å². The molecule has 1 aromatic carbocycles. The predicted molar refractivity (Wildman–Crippen MR) is 94.7 cm³/mol. The number of hydrogen-bond acceptors (Lipinski definition) is 4. The fourth-order valence-electron chi connectivity index (χ4n) is 2.96. The third-order valence-electron chi connectivity index (χ3n) is 4.33. The van der Waals surface area contributed by atoms with Gasteiger partial charge in [0.05, 0.1) is 11.0 Å². The summed E-state index contributed by atoms with van der Waals surface area (Å²) in [5.41, 5.74) is 3.29. The fraction of sp³-hybridized carbons (Fsp3) is 0.444. The van der Waals surface area contributed by atoms with Crippen LogP contribution in [0.2, 0.25) is 0 Å². The molecule has 2 aliphatic heterocycles. The molecule has 6 nitrogen and oxygen atoms in total. The highest BCUT2D eigenvalue weighted by molar-refractivity contribution is 5.81. The van der Waals surface area contributed by atoms with Crippen molar-refractivity contribution in [3.63, 3.8) is 0 Å². The molecular formula is C18H22N4O2. The van der Waals surface area contributed by atoms with Gasteiger partial charge >= 0.3 is 5.69 Å². The fourth-order valence-corrected chi connectivity index (χ4v) is 2.96. The van der Waals surface area contributed by atoms with E-state index in [0.29, 0.717) is 18.3 Å². The first-order chi connectivity index (χ1) is 11.3. The zero-order valence-electron chi connectivity index (χ0n) is 14.8. The molecule has 0 atom stereocenters. The van der Waals surface area contributed by atoms with Gasteiger partial charge in [-0.3, -0.25) is 9.36 Å². The minimum absolute atomic E-state index is 0.257. The predicted octanol–water partition coefficient (Wildman–Crippen LogP) is 2.35. The van der Waals surface area contributed by atoms with Gasteiger partial charge in [-0.25, -0.2) is 9.78 Å². The molecule has 0 spiro atoms. The molecule has 2 aliphatic rings. The Balaban J connectivity index is 2.54. The van der Waals surface area contributed by atoms with Gasteiger partial charge in [-0.05, 0) is 49.9 Å². The number of nitrogens with zero attached hydrogens (tertiary/aromatic N) is 4. The van der Waals surface area contributed by atoms with Crippen molar-refractivity contribution in [3.05, 3.63) is 44.1 Å². The Morgan fingerprint density at radius 3 is 2.33 bits per heavy atom. The van der Waals surface area contributed by atoms with Crippen LogP contribution in [0.5, 0.6) is 0 Å². The van der Waals surface area contributed by atoms with Crippen molar-refractivity contribution in [2.24, 2.45) is 5.92 Å². The zero-order valence-corrected chi connectivity index (χ0v) is 14.8. The largest absolute Gasteiger partial charge is 0.352 e. The first kappa shape index (κ1) is 16.4. The lowest BCUT2D eigenvalue weighted by Crippen LogP contribution is -2.38. The molecule has 0 saturated heterocycles. The minimum Gasteiger partial charge on any atom is -0.322 e. The molecule has 24 heavy (non-hydrogen) atoms. The van der Waals surface area contributed by atoms with Gasteiger partial charge in [-0.2, -0.15) is 4.98 Å². The summed E-state index contributed by atoms with van der Waals surface area (Å²) in [5, 5.41) is 0. The van der Waals surface area contributed by atoms with Gasteiger partial charge in [0.25, 0.3) is 5.56 Å².